The van der Waals surface area contributed by atoms with Crippen LogP contribution in [0.3, 0.4) is 0 Å². The first-order valence-electron chi connectivity index (χ1n) is 6.27. The molecule has 3 aromatic heterocycles. The van der Waals surface area contributed by atoms with Crippen molar-refractivity contribution in [2.45, 2.75) is 13.1 Å². The Morgan fingerprint density at radius 1 is 1.24 bits per heavy atom. The molecule has 3 rings (SSSR count). The molecule has 7 nitrogen and oxygen atoms in total. The van der Waals surface area contributed by atoms with Gasteiger partial charge in [0.2, 0.25) is 0 Å². The second kappa shape index (κ2) is 5.70. The van der Waals surface area contributed by atoms with Crippen molar-refractivity contribution in [3.63, 3.8) is 0 Å². The summed E-state index contributed by atoms with van der Waals surface area (Å²) >= 11 is 9.29. The van der Waals surface area contributed by atoms with Gasteiger partial charge in [-0.25, -0.2) is 0 Å². The zero-order valence-electron chi connectivity index (χ0n) is 11.5. The fourth-order valence-corrected chi connectivity index (χ4v) is 2.74. The molecule has 110 valence electrons. The van der Waals surface area contributed by atoms with Gasteiger partial charge in [0.05, 0.1) is 12.2 Å². The highest BCUT2D eigenvalue weighted by Crippen LogP contribution is 2.13. The van der Waals surface area contributed by atoms with E-state index in [1.54, 1.807) is 16.6 Å². The van der Waals surface area contributed by atoms with Crippen LogP contribution in [0.1, 0.15) is 11.5 Å². The first kappa shape index (κ1) is 14.4. The number of aryl methyl sites for hydroxylation is 1. The molecule has 0 spiro atoms. The van der Waals surface area contributed by atoms with E-state index in [0.29, 0.717) is 17.3 Å². The number of hydrogen-bond donors (Lipinski definition) is 0. The van der Waals surface area contributed by atoms with Gasteiger partial charge in [-0.1, -0.05) is 11.6 Å². The molecule has 3 aromatic rings. The third-order valence-electron chi connectivity index (χ3n) is 3.09. The Bertz CT molecular complexity index is 781. The van der Waals surface area contributed by atoms with Gasteiger partial charge >= 0.3 is 0 Å². The maximum atomic E-state index is 5.92. The number of nitrogens with zero attached hydrogens (tertiary/aromatic N) is 7. The van der Waals surface area contributed by atoms with Crippen LogP contribution < -0.4 is 0 Å². The van der Waals surface area contributed by atoms with Crippen molar-refractivity contribution in [1.82, 2.24) is 34.5 Å². The third kappa shape index (κ3) is 3.07. The lowest BCUT2D eigenvalue weighted by molar-refractivity contribution is 0.299. The fraction of sp³-hybridized carbons (Fsp3) is 0.333. The van der Waals surface area contributed by atoms with E-state index < -0.39 is 0 Å². The van der Waals surface area contributed by atoms with Crippen LogP contribution >= 0.6 is 27.5 Å². The summed E-state index contributed by atoms with van der Waals surface area (Å²) in [6.45, 7) is 1.35. The fourth-order valence-electron chi connectivity index (χ4n) is 2.10. The molecule has 3 heterocycles. The van der Waals surface area contributed by atoms with E-state index in [-0.39, 0.29) is 0 Å². The van der Waals surface area contributed by atoms with Crippen LogP contribution in [0.15, 0.2) is 22.8 Å². The van der Waals surface area contributed by atoms with E-state index in [2.05, 4.69) is 41.2 Å². The molecule has 0 radical (unpaired) electrons. The Kier molecular flexibility index (Phi) is 3.92. The highest BCUT2D eigenvalue weighted by atomic mass is 79.9. The molecule has 0 fully saturated rings. The van der Waals surface area contributed by atoms with Gasteiger partial charge in [-0.2, -0.15) is 14.7 Å². The van der Waals surface area contributed by atoms with Crippen molar-refractivity contribution in [1.29, 1.82) is 0 Å². The highest BCUT2D eigenvalue weighted by molar-refractivity contribution is 9.10. The molecular weight excluding hydrogens is 358 g/mol. The Balaban J connectivity index is 1.78. The smallest absolute Gasteiger partial charge is 0.178 e. The maximum Gasteiger partial charge on any atom is 0.178 e. The van der Waals surface area contributed by atoms with Crippen molar-refractivity contribution in [2.75, 3.05) is 7.05 Å². The molecule has 0 aliphatic rings. The number of halogens is 2. The minimum Gasteiger partial charge on any atom is -0.293 e. The van der Waals surface area contributed by atoms with E-state index >= 15 is 0 Å². The normalized spacial score (nSPS) is 11.7. The summed E-state index contributed by atoms with van der Waals surface area (Å²) in [5, 5.41) is 17.2. The van der Waals surface area contributed by atoms with Crippen LogP contribution in [-0.4, -0.2) is 41.5 Å². The predicted octanol–water partition coefficient (Wildman–Crippen LogP) is 1.91. The van der Waals surface area contributed by atoms with Crippen LogP contribution in [0.4, 0.5) is 0 Å². The molecule has 0 N–H and O–H groups in total. The Morgan fingerprint density at radius 2 is 2.05 bits per heavy atom. The quantitative estimate of drug-likeness (QED) is 0.702. The molecule has 0 bridgehead atoms. The molecular formula is C12H13BrClN7. The van der Waals surface area contributed by atoms with Crippen molar-refractivity contribution in [3.8, 4) is 0 Å². The monoisotopic (exact) mass is 369 g/mol. The zero-order chi connectivity index (χ0) is 15.0. The van der Waals surface area contributed by atoms with E-state index in [1.165, 1.54) is 0 Å². The van der Waals surface area contributed by atoms with Crippen LogP contribution in [0.5, 0.6) is 0 Å². The van der Waals surface area contributed by atoms with Crippen molar-refractivity contribution in [2.24, 2.45) is 7.05 Å². The SMILES string of the molecule is CN(Cc1cc(Br)nn1C)Cc1nnc2ccc(Cl)nn12. The summed E-state index contributed by atoms with van der Waals surface area (Å²) in [5.41, 5.74) is 1.79. The molecule has 0 atom stereocenters. The predicted molar refractivity (Wildman–Crippen MR) is 81.9 cm³/mol. The van der Waals surface area contributed by atoms with Gasteiger partial charge in [-0.3, -0.25) is 9.58 Å². The van der Waals surface area contributed by atoms with Crippen molar-refractivity contribution >= 4 is 33.2 Å². The first-order valence-corrected chi connectivity index (χ1v) is 7.44. The molecule has 21 heavy (non-hydrogen) atoms. The third-order valence-corrected chi connectivity index (χ3v) is 3.67. The molecule has 0 aliphatic carbocycles. The van der Waals surface area contributed by atoms with Gasteiger partial charge < -0.3 is 0 Å². The van der Waals surface area contributed by atoms with Crippen LogP contribution in [0.25, 0.3) is 5.65 Å². The number of fused-ring (bicyclic) bond motifs is 1. The molecule has 0 unspecified atom stereocenters. The number of aromatic nitrogens is 6. The summed E-state index contributed by atoms with van der Waals surface area (Å²) in [4.78, 5) is 2.11. The van der Waals surface area contributed by atoms with Crippen LogP contribution in [0, 0.1) is 0 Å². The second-order valence-corrected chi connectivity index (χ2v) is 6.00. The summed E-state index contributed by atoms with van der Waals surface area (Å²) in [5.74, 6) is 0.747. The van der Waals surface area contributed by atoms with Gasteiger partial charge in [-0.05, 0) is 41.2 Å². The lowest BCUT2D eigenvalue weighted by atomic mass is 10.4. The standard InChI is InChI=1S/C12H13BrClN7/c1-19(6-8-5-9(13)17-20(8)2)7-12-16-15-11-4-3-10(14)18-21(11)12/h3-5H,6-7H2,1-2H3. The average Bonchev–Trinajstić information content (AvgIpc) is 2.94. The van der Waals surface area contributed by atoms with E-state index in [4.69, 9.17) is 11.6 Å². The number of rotatable bonds is 4. The lowest BCUT2D eigenvalue weighted by Crippen LogP contribution is -2.21. The summed E-state index contributed by atoms with van der Waals surface area (Å²) in [6.07, 6.45) is 0. The van der Waals surface area contributed by atoms with E-state index in [1.807, 2.05) is 24.8 Å². The summed E-state index contributed by atoms with van der Waals surface area (Å²) < 4.78 is 4.34. The van der Waals surface area contributed by atoms with Crippen LogP contribution in [0.2, 0.25) is 5.15 Å². The van der Waals surface area contributed by atoms with E-state index in [0.717, 1.165) is 22.7 Å². The first-order chi connectivity index (χ1) is 10.0. The van der Waals surface area contributed by atoms with Gasteiger partial charge in [0.1, 0.15) is 9.76 Å². The number of hydrogen-bond acceptors (Lipinski definition) is 5. The largest absolute Gasteiger partial charge is 0.293 e. The Labute approximate surface area is 134 Å². The molecule has 0 saturated carbocycles. The summed E-state index contributed by atoms with van der Waals surface area (Å²) in [6, 6.07) is 5.49. The second-order valence-electron chi connectivity index (χ2n) is 4.80. The Morgan fingerprint density at radius 3 is 2.76 bits per heavy atom. The van der Waals surface area contributed by atoms with Gasteiger partial charge in [-0.15, -0.1) is 10.2 Å². The zero-order valence-corrected chi connectivity index (χ0v) is 13.9. The van der Waals surface area contributed by atoms with Gasteiger partial charge in [0.15, 0.2) is 11.5 Å². The molecule has 0 aromatic carbocycles. The van der Waals surface area contributed by atoms with Crippen LogP contribution in [-0.2, 0) is 20.1 Å². The topological polar surface area (TPSA) is 64.1 Å². The molecule has 0 aliphatic heterocycles. The minimum absolute atomic E-state index is 0.418. The summed E-state index contributed by atoms with van der Waals surface area (Å²) in [7, 11) is 3.92. The molecule has 0 amide bonds. The Hall–Kier alpha value is -1.51. The van der Waals surface area contributed by atoms with Crippen molar-refractivity contribution < 1.29 is 0 Å². The van der Waals surface area contributed by atoms with Gasteiger partial charge in [0, 0.05) is 13.6 Å². The molecule has 9 heteroatoms. The average molecular weight is 371 g/mol. The van der Waals surface area contributed by atoms with E-state index in [9.17, 15) is 0 Å². The maximum absolute atomic E-state index is 5.92. The highest BCUT2D eigenvalue weighted by Gasteiger charge is 2.12. The minimum atomic E-state index is 0.418. The van der Waals surface area contributed by atoms with Crippen molar-refractivity contribution in [3.05, 3.63) is 39.5 Å². The van der Waals surface area contributed by atoms with Gasteiger partial charge in [0.25, 0.3) is 0 Å². The lowest BCUT2D eigenvalue weighted by Gasteiger charge is -2.15. The molecule has 0 saturated heterocycles.